The number of halogens is 1. The second-order valence-corrected chi connectivity index (χ2v) is 4.19. The molecule has 0 saturated heterocycles. The number of aryl methyl sites for hydroxylation is 1. The van der Waals surface area contributed by atoms with Gasteiger partial charge in [-0.15, -0.1) is 0 Å². The molecular formula is C14H13ClO2. The average Bonchev–Trinajstić information content (AvgIpc) is 2.34. The van der Waals surface area contributed by atoms with E-state index >= 15 is 0 Å². The lowest BCUT2D eigenvalue weighted by Crippen LogP contribution is -1.91. The summed E-state index contributed by atoms with van der Waals surface area (Å²) >= 11 is 5.95. The van der Waals surface area contributed by atoms with Gasteiger partial charge in [-0.25, -0.2) is 0 Å². The monoisotopic (exact) mass is 248 g/mol. The van der Waals surface area contributed by atoms with Crippen LogP contribution in [0, 0.1) is 6.92 Å². The van der Waals surface area contributed by atoms with Gasteiger partial charge in [0.05, 0.1) is 6.61 Å². The summed E-state index contributed by atoms with van der Waals surface area (Å²) in [6.07, 6.45) is 0. The van der Waals surface area contributed by atoms with Crippen molar-refractivity contribution in [3.63, 3.8) is 0 Å². The number of para-hydroxylation sites is 1. The molecule has 0 amide bonds. The molecule has 2 rings (SSSR count). The van der Waals surface area contributed by atoms with Crippen LogP contribution in [-0.2, 0) is 6.61 Å². The van der Waals surface area contributed by atoms with E-state index in [9.17, 15) is 5.11 Å². The van der Waals surface area contributed by atoms with Crippen LogP contribution in [-0.4, -0.2) is 5.11 Å². The Labute approximate surface area is 105 Å². The fourth-order valence-corrected chi connectivity index (χ4v) is 1.66. The van der Waals surface area contributed by atoms with Crippen molar-refractivity contribution >= 4 is 11.6 Å². The summed E-state index contributed by atoms with van der Waals surface area (Å²) in [5.41, 5.74) is 1.73. The molecule has 0 aliphatic carbocycles. The van der Waals surface area contributed by atoms with E-state index in [1.807, 2.05) is 43.3 Å². The number of aliphatic hydroxyl groups excluding tert-OH is 1. The molecule has 0 fully saturated rings. The van der Waals surface area contributed by atoms with Crippen molar-refractivity contribution in [2.75, 3.05) is 0 Å². The maximum absolute atomic E-state index is 9.19. The molecule has 2 aromatic carbocycles. The van der Waals surface area contributed by atoms with E-state index < -0.39 is 0 Å². The zero-order valence-corrected chi connectivity index (χ0v) is 10.2. The summed E-state index contributed by atoms with van der Waals surface area (Å²) in [7, 11) is 0. The zero-order chi connectivity index (χ0) is 12.3. The second-order valence-electron chi connectivity index (χ2n) is 3.78. The fourth-order valence-electron chi connectivity index (χ4n) is 1.54. The number of ether oxygens (including phenoxy) is 1. The molecule has 0 heterocycles. The van der Waals surface area contributed by atoms with Crippen molar-refractivity contribution in [2.45, 2.75) is 13.5 Å². The van der Waals surface area contributed by atoms with Gasteiger partial charge in [0.15, 0.2) is 0 Å². The van der Waals surface area contributed by atoms with Crippen LogP contribution >= 0.6 is 11.6 Å². The molecule has 88 valence electrons. The lowest BCUT2D eigenvalue weighted by molar-refractivity contribution is 0.276. The molecule has 0 aromatic heterocycles. The molecule has 2 nitrogen and oxygen atoms in total. The number of benzene rings is 2. The van der Waals surface area contributed by atoms with E-state index in [0.717, 1.165) is 11.1 Å². The summed E-state index contributed by atoms with van der Waals surface area (Å²) < 4.78 is 5.72. The van der Waals surface area contributed by atoms with Gasteiger partial charge in [0.1, 0.15) is 11.5 Å². The van der Waals surface area contributed by atoms with Crippen LogP contribution in [0.3, 0.4) is 0 Å². The number of rotatable bonds is 3. The first-order valence-electron chi connectivity index (χ1n) is 5.33. The van der Waals surface area contributed by atoms with E-state index in [1.54, 1.807) is 6.07 Å². The highest BCUT2D eigenvalue weighted by Gasteiger charge is 2.04. The van der Waals surface area contributed by atoms with E-state index in [1.165, 1.54) is 0 Å². The Morgan fingerprint density at radius 2 is 1.94 bits per heavy atom. The summed E-state index contributed by atoms with van der Waals surface area (Å²) in [5.74, 6) is 1.38. The van der Waals surface area contributed by atoms with Crippen molar-refractivity contribution in [3.05, 3.63) is 58.6 Å². The minimum atomic E-state index is -0.0389. The van der Waals surface area contributed by atoms with Gasteiger partial charge in [-0.2, -0.15) is 0 Å². The molecule has 0 aliphatic rings. The minimum absolute atomic E-state index is 0.0389. The van der Waals surface area contributed by atoms with Crippen LogP contribution in [0.1, 0.15) is 11.1 Å². The Morgan fingerprint density at radius 1 is 1.18 bits per heavy atom. The van der Waals surface area contributed by atoms with Gasteiger partial charge in [0.2, 0.25) is 0 Å². The van der Waals surface area contributed by atoms with Gasteiger partial charge in [0.25, 0.3) is 0 Å². The zero-order valence-electron chi connectivity index (χ0n) is 9.48. The second kappa shape index (κ2) is 5.21. The largest absolute Gasteiger partial charge is 0.457 e. The Bertz CT molecular complexity index is 523. The third-order valence-electron chi connectivity index (χ3n) is 2.50. The van der Waals surface area contributed by atoms with Crippen LogP contribution < -0.4 is 4.74 Å². The minimum Gasteiger partial charge on any atom is -0.457 e. The molecule has 1 N–H and O–H groups in total. The highest BCUT2D eigenvalue weighted by molar-refractivity contribution is 6.31. The number of hydrogen-bond acceptors (Lipinski definition) is 2. The lowest BCUT2D eigenvalue weighted by Gasteiger charge is -2.10. The predicted molar refractivity (Wildman–Crippen MR) is 68.6 cm³/mol. The molecule has 2 aromatic rings. The standard InChI is InChI=1S/C14H13ClO2/c1-10-8-12(6-7-13(10)15)17-14-5-3-2-4-11(14)9-16/h2-8,16H,9H2,1H3. The van der Waals surface area contributed by atoms with Crippen LogP contribution in [0.5, 0.6) is 11.5 Å². The molecule has 0 unspecified atom stereocenters. The van der Waals surface area contributed by atoms with Gasteiger partial charge < -0.3 is 9.84 Å². The Kier molecular flexibility index (Phi) is 3.67. The fraction of sp³-hybridized carbons (Fsp3) is 0.143. The summed E-state index contributed by atoms with van der Waals surface area (Å²) in [6.45, 7) is 1.88. The molecule has 0 radical (unpaired) electrons. The van der Waals surface area contributed by atoms with E-state index in [4.69, 9.17) is 16.3 Å². The normalized spacial score (nSPS) is 10.3. The molecule has 0 aliphatic heterocycles. The van der Waals surface area contributed by atoms with Gasteiger partial charge in [-0.05, 0) is 36.8 Å². The Morgan fingerprint density at radius 3 is 2.65 bits per heavy atom. The summed E-state index contributed by atoms with van der Waals surface area (Å²) in [5, 5.41) is 9.91. The van der Waals surface area contributed by atoms with E-state index in [2.05, 4.69) is 0 Å². The maximum atomic E-state index is 9.19. The SMILES string of the molecule is Cc1cc(Oc2ccccc2CO)ccc1Cl. The molecule has 0 saturated carbocycles. The number of hydrogen-bond donors (Lipinski definition) is 1. The maximum Gasteiger partial charge on any atom is 0.132 e. The highest BCUT2D eigenvalue weighted by atomic mass is 35.5. The third-order valence-corrected chi connectivity index (χ3v) is 2.92. The summed E-state index contributed by atoms with van der Waals surface area (Å²) in [6, 6.07) is 12.9. The molecular weight excluding hydrogens is 236 g/mol. The van der Waals surface area contributed by atoms with Crippen molar-refractivity contribution in [1.82, 2.24) is 0 Å². The van der Waals surface area contributed by atoms with Gasteiger partial charge in [-0.1, -0.05) is 29.8 Å². The first-order valence-corrected chi connectivity index (χ1v) is 5.71. The van der Waals surface area contributed by atoms with Crippen molar-refractivity contribution in [3.8, 4) is 11.5 Å². The van der Waals surface area contributed by atoms with Crippen LogP contribution in [0.2, 0.25) is 5.02 Å². The van der Waals surface area contributed by atoms with E-state index in [-0.39, 0.29) is 6.61 Å². The van der Waals surface area contributed by atoms with E-state index in [0.29, 0.717) is 16.5 Å². The topological polar surface area (TPSA) is 29.5 Å². The highest BCUT2D eigenvalue weighted by Crippen LogP contribution is 2.28. The van der Waals surface area contributed by atoms with Crippen LogP contribution in [0.15, 0.2) is 42.5 Å². The Hall–Kier alpha value is -1.51. The first-order chi connectivity index (χ1) is 8.20. The van der Waals surface area contributed by atoms with Crippen LogP contribution in [0.25, 0.3) is 0 Å². The molecule has 3 heteroatoms. The third kappa shape index (κ3) is 2.78. The molecule has 0 atom stereocenters. The first kappa shape index (κ1) is 12.0. The van der Waals surface area contributed by atoms with Crippen molar-refractivity contribution in [2.24, 2.45) is 0 Å². The summed E-state index contributed by atoms with van der Waals surface area (Å²) in [4.78, 5) is 0. The smallest absolute Gasteiger partial charge is 0.132 e. The lowest BCUT2D eigenvalue weighted by atomic mass is 10.2. The molecule has 17 heavy (non-hydrogen) atoms. The van der Waals surface area contributed by atoms with Crippen molar-refractivity contribution in [1.29, 1.82) is 0 Å². The quantitative estimate of drug-likeness (QED) is 0.892. The van der Waals surface area contributed by atoms with Crippen molar-refractivity contribution < 1.29 is 9.84 Å². The molecule has 0 spiro atoms. The predicted octanol–water partition coefficient (Wildman–Crippen LogP) is 3.93. The van der Waals surface area contributed by atoms with Crippen LogP contribution in [0.4, 0.5) is 0 Å². The van der Waals surface area contributed by atoms with Gasteiger partial charge in [0, 0.05) is 10.6 Å². The van der Waals surface area contributed by atoms with Gasteiger partial charge in [-0.3, -0.25) is 0 Å². The molecule has 0 bridgehead atoms. The number of aliphatic hydroxyl groups is 1. The van der Waals surface area contributed by atoms with Gasteiger partial charge >= 0.3 is 0 Å². The Balaban J connectivity index is 2.28. The average molecular weight is 249 g/mol.